The lowest BCUT2D eigenvalue weighted by Crippen LogP contribution is -2.50. The zero-order valence-corrected chi connectivity index (χ0v) is 11.8. The molecule has 0 radical (unpaired) electrons. The van der Waals surface area contributed by atoms with Gasteiger partial charge in [0.15, 0.2) is 0 Å². The van der Waals surface area contributed by atoms with Crippen LogP contribution in [0.3, 0.4) is 0 Å². The molecule has 3 N–H and O–H groups in total. The van der Waals surface area contributed by atoms with Gasteiger partial charge in [-0.05, 0) is 18.9 Å². The van der Waals surface area contributed by atoms with Crippen molar-refractivity contribution in [1.82, 2.24) is 10.2 Å². The molecule has 0 bridgehead atoms. The van der Waals surface area contributed by atoms with E-state index in [1.807, 2.05) is 0 Å². The van der Waals surface area contributed by atoms with Gasteiger partial charge < -0.3 is 15.8 Å². The van der Waals surface area contributed by atoms with Crippen molar-refractivity contribution in [3.63, 3.8) is 0 Å². The number of ether oxygens (including phenoxy) is 1. The smallest absolute Gasteiger partial charge is 0.237 e. The van der Waals surface area contributed by atoms with Crippen molar-refractivity contribution in [1.29, 1.82) is 0 Å². The van der Waals surface area contributed by atoms with Crippen molar-refractivity contribution in [2.24, 2.45) is 11.7 Å². The molecule has 0 aromatic rings. The summed E-state index contributed by atoms with van der Waals surface area (Å²) in [4.78, 5) is 14.1. The van der Waals surface area contributed by atoms with Crippen LogP contribution in [0.1, 0.15) is 27.2 Å². The number of amides is 1. The van der Waals surface area contributed by atoms with Gasteiger partial charge in [-0.2, -0.15) is 0 Å². The van der Waals surface area contributed by atoms with E-state index < -0.39 is 6.04 Å². The van der Waals surface area contributed by atoms with Crippen LogP contribution in [0.4, 0.5) is 0 Å². The number of carbonyl (C=O) groups excluding carboxylic acids is 1. The van der Waals surface area contributed by atoms with Crippen molar-refractivity contribution in [2.45, 2.75) is 39.3 Å². The Morgan fingerprint density at radius 1 is 1.56 bits per heavy atom. The monoisotopic (exact) mass is 257 g/mol. The first-order chi connectivity index (χ1) is 8.52. The van der Waals surface area contributed by atoms with Crippen LogP contribution < -0.4 is 11.1 Å². The van der Waals surface area contributed by atoms with Crippen molar-refractivity contribution in [3.8, 4) is 0 Å². The van der Waals surface area contributed by atoms with E-state index in [9.17, 15) is 4.79 Å². The second kappa shape index (κ2) is 7.71. The van der Waals surface area contributed by atoms with Crippen LogP contribution in [-0.4, -0.2) is 55.7 Å². The summed E-state index contributed by atoms with van der Waals surface area (Å²) in [7, 11) is 0. The number of morpholine rings is 1. The predicted molar refractivity (Wildman–Crippen MR) is 72.3 cm³/mol. The molecule has 5 nitrogen and oxygen atoms in total. The topological polar surface area (TPSA) is 67.6 Å². The summed E-state index contributed by atoms with van der Waals surface area (Å²) in [6, 6.07) is -0.407. The normalized spacial score (nSPS) is 23.1. The Morgan fingerprint density at radius 2 is 2.28 bits per heavy atom. The molecule has 0 spiro atoms. The number of hydrogen-bond donors (Lipinski definition) is 2. The minimum absolute atomic E-state index is 0.0686. The lowest BCUT2D eigenvalue weighted by atomic mass is 10.0. The van der Waals surface area contributed by atoms with E-state index in [2.05, 4.69) is 31.0 Å². The molecule has 1 amide bonds. The molecule has 5 heteroatoms. The molecular formula is C13H27N3O2. The summed E-state index contributed by atoms with van der Waals surface area (Å²) in [6.45, 7) is 10.5. The summed E-state index contributed by atoms with van der Waals surface area (Å²) in [5, 5.41) is 2.89. The summed E-state index contributed by atoms with van der Waals surface area (Å²) < 4.78 is 5.62. The third-order valence-electron chi connectivity index (χ3n) is 3.24. The third-order valence-corrected chi connectivity index (χ3v) is 3.24. The lowest BCUT2D eigenvalue weighted by molar-refractivity contribution is -0.123. The van der Waals surface area contributed by atoms with E-state index in [-0.39, 0.29) is 12.0 Å². The van der Waals surface area contributed by atoms with Gasteiger partial charge in [0.25, 0.3) is 0 Å². The fourth-order valence-electron chi connectivity index (χ4n) is 2.15. The van der Waals surface area contributed by atoms with Crippen LogP contribution in [0.5, 0.6) is 0 Å². The van der Waals surface area contributed by atoms with Crippen molar-refractivity contribution in [3.05, 3.63) is 0 Å². The summed E-state index contributed by atoms with van der Waals surface area (Å²) >= 11 is 0. The largest absolute Gasteiger partial charge is 0.374 e. The third kappa shape index (κ3) is 5.33. The summed E-state index contributed by atoms with van der Waals surface area (Å²) in [5.41, 5.74) is 5.82. The number of nitrogens with two attached hydrogens (primary N) is 1. The van der Waals surface area contributed by atoms with Gasteiger partial charge >= 0.3 is 0 Å². The average molecular weight is 257 g/mol. The first-order valence-corrected chi connectivity index (χ1v) is 6.90. The van der Waals surface area contributed by atoms with Crippen LogP contribution in [0, 0.1) is 5.92 Å². The molecule has 1 heterocycles. The van der Waals surface area contributed by atoms with Gasteiger partial charge in [0.05, 0.1) is 18.8 Å². The van der Waals surface area contributed by atoms with E-state index in [0.717, 1.165) is 32.7 Å². The second-order valence-corrected chi connectivity index (χ2v) is 5.37. The second-order valence-electron chi connectivity index (χ2n) is 5.37. The lowest BCUT2D eigenvalue weighted by Gasteiger charge is -2.32. The molecule has 0 aromatic carbocycles. The quantitative estimate of drug-likeness (QED) is 0.713. The molecule has 2 atom stereocenters. The standard InChI is InChI=1S/C13H27N3O2/c1-4-16-5-6-18-11(9-16)8-15-13(17)12(14)7-10(2)3/h10-12H,4-9,14H2,1-3H3,(H,15,17). The molecule has 1 aliphatic rings. The number of hydrogen-bond acceptors (Lipinski definition) is 4. The Morgan fingerprint density at radius 3 is 2.89 bits per heavy atom. The van der Waals surface area contributed by atoms with Gasteiger partial charge in [-0.3, -0.25) is 9.69 Å². The van der Waals surface area contributed by atoms with Crippen molar-refractivity contribution in [2.75, 3.05) is 32.8 Å². The number of nitrogens with zero attached hydrogens (tertiary/aromatic N) is 1. The van der Waals surface area contributed by atoms with E-state index in [1.54, 1.807) is 0 Å². The number of nitrogens with one attached hydrogen (secondary N) is 1. The molecule has 1 saturated heterocycles. The first-order valence-electron chi connectivity index (χ1n) is 6.90. The summed E-state index contributed by atoms with van der Waals surface area (Å²) in [6.07, 6.45) is 0.812. The molecule has 106 valence electrons. The van der Waals surface area contributed by atoms with E-state index in [4.69, 9.17) is 10.5 Å². The Hall–Kier alpha value is -0.650. The maximum atomic E-state index is 11.8. The van der Waals surface area contributed by atoms with Crippen LogP contribution in [0.25, 0.3) is 0 Å². The zero-order chi connectivity index (χ0) is 13.5. The number of rotatable bonds is 6. The van der Waals surface area contributed by atoms with Crippen LogP contribution >= 0.6 is 0 Å². The maximum Gasteiger partial charge on any atom is 0.237 e. The highest BCUT2D eigenvalue weighted by atomic mass is 16.5. The predicted octanol–water partition coefficient (Wildman–Crippen LogP) is 0.197. The fourth-order valence-corrected chi connectivity index (χ4v) is 2.15. The van der Waals surface area contributed by atoms with Gasteiger partial charge in [0.1, 0.15) is 0 Å². The van der Waals surface area contributed by atoms with Gasteiger partial charge in [0.2, 0.25) is 5.91 Å². The summed E-state index contributed by atoms with van der Waals surface area (Å²) in [5.74, 6) is 0.369. The minimum atomic E-state index is -0.407. The number of carbonyl (C=O) groups is 1. The molecule has 1 fully saturated rings. The zero-order valence-electron chi connectivity index (χ0n) is 11.8. The molecule has 18 heavy (non-hydrogen) atoms. The molecule has 2 unspecified atom stereocenters. The van der Waals surface area contributed by atoms with Crippen LogP contribution in [0.15, 0.2) is 0 Å². The Bertz CT molecular complexity index is 259. The van der Waals surface area contributed by atoms with Gasteiger partial charge in [-0.15, -0.1) is 0 Å². The van der Waals surface area contributed by atoms with Gasteiger partial charge in [-0.1, -0.05) is 20.8 Å². The molecule has 0 saturated carbocycles. The van der Waals surface area contributed by atoms with E-state index >= 15 is 0 Å². The highest BCUT2D eigenvalue weighted by Gasteiger charge is 2.21. The van der Waals surface area contributed by atoms with Gasteiger partial charge in [0, 0.05) is 19.6 Å². The fraction of sp³-hybridized carbons (Fsp3) is 0.923. The first kappa shape index (κ1) is 15.4. The van der Waals surface area contributed by atoms with Crippen LogP contribution in [-0.2, 0) is 9.53 Å². The molecule has 0 aromatic heterocycles. The van der Waals surface area contributed by atoms with Crippen molar-refractivity contribution >= 4 is 5.91 Å². The Labute approximate surface area is 110 Å². The van der Waals surface area contributed by atoms with E-state index in [1.165, 1.54) is 0 Å². The molecule has 1 aliphatic heterocycles. The Balaban J connectivity index is 2.25. The minimum Gasteiger partial charge on any atom is -0.374 e. The molecular weight excluding hydrogens is 230 g/mol. The molecule has 0 aliphatic carbocycles. The number of likely N-dealkylation sites (N-methyl/N-ethyl adjacent to an activating group) is 1. The van der Waals surface area contributed by atoms with Gasteiger partial charge in [-0.25, -0.2) is 0 Å². The van der Waals surface area contributed by atoms with Crippen LogP contribution in [0.2, 0.25) is 0 Å². The highest BCUT2D eigenvalue weighted by molar-refractivity contribution is 5.81. The SMILES string of the molecule is CCN1CCOC(CNC(=O)C(N)CC(C)C)C1. The molecule has 1 rings (SSSR count). The van der Waals surface area contributed by atoms with E-state index in [0.29, 0.717) is 12.5 Å². The maximum absolute atomic E-state index is 11.8. The highest BCUT2D eigenvalue weighted by Crippen LogP contribution is 2.05. The Kier molecular flexibility index (Phi) is 6.60. The van der Waals surface area contributed by atoms with Crippen molar-refractivity contribution < 1.29 is 9.53 Å². The average Bonchev–Trinajstić information content (AvgIpc) is 2.35.